The van der Waals surface area contributed by atoms with Crippen LogP contribution in [0.1, 0.15) is 12.0 Å². The Kier molecular flexibility index (Phi) is 4.02. The Morgan fingerprint density at radius 1 is 1.07 bits per heavy atom. The zero-order chi connectivity index (χ0) is 10.6. The second-order valence-electron chi connectivity index (χ2n) is 2.49. The second kappa shape index (κ2) is 5.06. The highest BCUT2D eigenvalue weighted by atomic mass is 79.9. The smallest absolute Gasteiger partial charge is 0.161 e. The fraction of sp³-hybridized carbons (Fsp3) is 0.200. The molecule has 74 valence electrons. The first-order valence-corrected chi connectivity index (χ1v) is 4.96. The van der Waals surface area contributed by atoms with Crippen LogP contribution in [-0.4, -0.2) is 5.33 Å². The predicted octanol–water partition coefficient (Wildman–Crippen LogP) is 3.24. The lowest BCUT2D eigenvalue weighted by Crippen LogP contribution is -1.90. The van der Waals surface area contributed by atoms with Gasteiger partial charge in [-0.25, -0.2) is 13.2 Å². The summed E-state index contributed by atoms with van der Waals surface area (Å²) in [6.45, 7) is 0. The molecular formula is C10H6BrF3. The molecule has 0 saturated heterocycles. The minimum Gasteiger partial charge on any atom is -0.206 e. The van der Waals surface area contributed by atoms with Crippen LogP contribution in [0.25, 0.3) is 0 Å². The molecule has 0 spiro atoms. The molecular weight excluding hydrogens is 257 g/mol. The molecule has 0 nitrogen and oxygen atoms in total. The van der Waals surface area contributed by atoms with Crippen LogP contribution in [-0.2, 0) is 0 Å². The Balaban J connectivity index is 3.00. The Bertz CT molecular complexity index is 390. The molecule has 0 aliphatic heterocycles. The summed E-state index contributed by atoms with van der Waals surface area (Å²) in [6, 6.07) is 1.25. The van der Waals surface area contributed by atoms with Crippen molar-refractivity contribution in [2.75, 3.05) is 5.33 Å². The van der Waals surface area contributed by atoms with Crippen LogP contribution in [0.2, 0.25) is 0 Å². The number of halogens is 4. The number of benzene rings is 1. The maximum absolute atomic E-state index is 12.9. The third kappa shape index (κ3) is 2.78. The van der Waals surface area contributed by atoms with E-state index in [9.17, 15) is 13.2 Å². The van der Waals surface area contributed by atoms with Crippen molar-refractivity contribution < 1.29 is 13.2 Å². The Labute approximate surface area is 88.3 Å². The first-order chi connectivity index (χ1) is 6.65. The van der Waals surface area contributed by atoms with E-state index in [1.54, 1.807) is 0 Å². The SMILES string of the molecule is Fc1cc(F)c(C#CCCBr)cc1F. The average Bonchev–Trinajstić information content (AvgIpc) is 2.14. The van der Waals surface area contributed by atoms with Gasteiger partial charge in [0.2, 0.25) is 0 Å². The molecule has 0 amide bonds. The molecule has 0 N–H and O–H groups in total. The van der Waals surface area contributed by atoms with Crippen LogP contribution < -0.4 is 0 Å². The van der Waals surface area contributed by atoms with Crippen molar-refractivity contribution in [2.24, 2.45) is 0 Å². The van der Waals surface area contributed by atoms with Crippen LogP contribution in [0.5, 0.6) is 0 Å². The number of alkyl halides is 1. The van der Waals surface area contributed by atoms with Gasteiger partial charge in [0, 0.05) is 17.8 Å². The monoisotopic (exact) mass is 262 g/mol. The van der Waals surface area contributed by atoms with Crippen LogP contribution in [0.3, 0.4) is 0 Å². The van der Waals surface area contributed by atoms with Crippen molar-refractivity contribution >= 4 is 15.9 Å². The predicted molar refractivity (Wildman–Crippen MR) is 51.6 cm³/mol. The third-order valence-corrected chi connectivity index (χ3v) is 1.85. The zero-order valence-electron chi connectivity index (χ0n) is 7.08. The molecule has 1 rings (SSSR count). The van der Waals surface area contributed by atoms with Gasteiger partial charge < -0.3 is 0 Å². The Hall–Kier alpha value is -0.950. The van der Waals surface area contributed by atoms with Gasteiger partial charge in [-0.2, -0.15) is 0 Å². The van der Waals surface area contributed by atoms with Crippen molar-refractivity contribution in [3.63, 3.8) is 0 Å². The van der Waals surface area contributed by atoms with E-state index >= 15 is 0 Å². The Morgan fingerprint density at radius 3 is 2.36 bits per heavy atom. The molecule has 0 aromatic heterocycles. The third-order valence-electron chi connectivity index (χ3n) is 1.45. The Morgan fingerprint density at radius 2 is 1.71 bits per heavy atom. The maximum Gasteiger partial charge on any atom is 0.161 e. The van der Waals surface area contributed by atoms with Gasteiger partial charge in [-0.05, 0) is 6.07 Å². The van der Waals surface area contributed by atoms with E-state index in [-0.39, 0.29) is 5.56 Å². The van der Waals surface area contributed by atoms with Crippen molar-refractivity contribution in [1.82, 2.24) is 0 Å². The maximum atomic E-state index is 12.9. The molecule has 0 aliphatic rings. The van der Waals surface area contributed by atoms with Crippen LogP contribution >= 0.6 is 15.9 Å². The highest BCUT2D eigenvalue weighted by molar-refractivity contribution is 9.09. The molecule has 0 bridgehead atoms. The first-order valence-electron chi connectivity index (χ1n) is 3.84. The number of rotatable bonds is 1. The molecule has 14 heavy (non-hydrogen) atoms. The molecule has 0 unspecified atom stereocenters. The van der Waals surface area contributed by atoms with Gasteiger partial charge in [-0.1, -0.05) is 27.8 Å². The van der Waals surface area contributed by atoms with Crippen LogP contribution in [0, 0.1) is 29.3 Å². The van der Waals surface area contributed by atoms with Gasteiger partial charge in [-0.3, -0.25) is 0 Å². The molecule has 0 radical (unpaired) electrons. The minimum atomic E-state index is -1.20. The van der Waals surface area contributed by atoms with Crippen LogP contribution in [0.15, 0.2) is 12.1 Å². The molecule has 0 saturated carbocycles. The summed E-state index contributed by atoms with van der Waals surface area (Å²) in [5.41, 5.74) is -0.121. The quantitative estimate of drug-likeness (QED) is 0.414. The van der Waals surface area contributed by atoms with E-state index < -0.39 is 17.5 Å². The van der Waals surface area contributed by atoms with Crippen molar-refractivity contribution in [3.8, 4) is 11.8 Å². The lowest BCUT2D eigenvalue weighted by atomic mass is 10.2. The lowest BCUT2D eigenvalue weighted by Gasteiger charge is -1.95. The largest absolute Gasteiger partial charge is 0.206 e. The molecule has 0 aliphatic carbocycles. The molecule has 0 atom stereocenters. The summed E-state index contributed by atoms with van der Waals surface area (Å²) >= 11 is 3.14. The van der Waals surface area contributed by atoms with Gasteiger partial charge >= 0.3 is 0 Å². The first kappa shape index (κ1) is 11.1. The van der Waals surface area contributed by atoms with Crippen molar-refractivity contribution in [3.05, 3.63) is 35.1 Å². The molecule has 4 heteroatoms. The molecule has 0 fully saturated rings. The van der Waals surface area contributed by atoms with E-state index in [0.29, 0.717) is 17.8 Å². The zero-order valence-corrected chi connectivity index (χ0v) is 8.67. The fourth-order valence-electron chi connectivity index (χ4n) is 0.823. The summed E-state index contributed by atoms with van der Waals surface area (Å²) in [6.07, 6.45) is 0.526. The van der Waals surface area contributed by atoms with E-state index in [2.05, 4.69) is 27.8 Å². The molecule has 0 heterocycles. The van der Waals surface area contributed by atoms with Gasteiger partial charge in [0.05, 0.1) is 5.56 Å². The molecule has 1 aromatic rings. The summed E-state index contributed by atoms with van der Waals surface area (Å²) in [4.78, 5) is 0. The van der Waals surface area contributed by atoms with E-state index in [4.69, 9.17) is 0 Å². The summed E-state index contributed by atoms with van der Waals surface area (Å²) in [5.74, 6) is 1.90. The summed E-state index contributed by atoms with van der Waals surface area (Å²) in [7, 11) is 0. The van der Waals surface area contributed by atoms with Crippen molar-refractivity contribution in [1.29, 1.82) is 0 Å². The standard InChI is InChI=1S/C10H6BrF3/c11-4-2-1-3-7-5-9(13)10(14)6-8(7)12/h5-6H,2,4H2. The van der Waals surface area contributed by atoms with Gasteiger partial charge in [0.25, 0.3) is 0 Å². The van der Waals surface area contributed by atoms with E-state index in [1.165, 1.54) is 0 Å². The fourth-order valence-corrected chi connectivity index (χ4v) is 1.02. The van der Waals surface area contributed by atoms with Crippen molar-refractivity contribution in [2.45, 2.75) is 6.42 Å². The van der Waals surface area contributed by atoms with Crippen LogP contribution in [0.4, 0.5) is 13.2 Å². The lowest BCUT2D eigenvalue weighted by molar-refractivity contribution is 0.494. The van der Waals surface area contributed by atoms with Gasteiger partial charge in [0.15, 0.2) is 11.6 Å². The summed E-state index contributed by atoms with van der Waals surface area (Å²) < 4.78 is 38.1. The average molecular weight is 263 g/mol. The summed E-state index contributed by atoms with van der Waals surface area (Å²) in [5, 5.41) is 0.658. The highest BCUT2D eigenvalue weighted by Gasteiger charge is 2.07. The number of hydrogen-bond acceptors (Lipinski definition) is 0. The number of hydrogen-bond donors (Lipinski definition) is 0. The minimum absolute atomic E-state index is 0.121. The van der Waals surface area contributed by atoms with E-state index in [1.807, 2.05) is 0 Å². The second-order valence-corrected chi connectivity index (χ2v) is 3.28. The normalized spacial score (nSPS) is 9.43. The van der Waals surface area contributed by atoms with Gasteiger partial charge in [-0.15, -0.1) is 0 Å². The highest BCUT2D eigenvalue weighted by Crippen LogP contribution is 2.12. The van der Waals surface area contributed by atoms with Gasteiger partial charge in [0.1, 0.15) is 5.82 Å². The van der Waals surface area contributed by atoms with E-state index in [0.717, 1.165) is 6.07 Å². The topological polar surface area (TPSA) is 0 Å². The molecule has 1 aromatic carbocycles.